The fraction of sp³-hybridized carbons (Fsp3) is 0.182. The van der Waals surface area contributed by atoms with E-state index in [1.165, 1.54) is 35.0 Å². The highest BCUT2D eigenvalue weighted by atomic mass is 79.9. The number of nitrogens with zero attached hydrogens (tertiary/aromatic N) is 2. The number of aromatic nitrogens is 1. The van der Waals surface area contributed by atoms with Crippen LogP contribution < -0.4 is 0 Å². The van der Waals surface area contributed by atoms with Crippen molar-refractivity contribution in [3.05, 3.63) is 44.3 Å². The second kappa shape index (κ2) is 5.88. The van der Waals surface area contributed by atoms with Crippen molar-refractivity contribution in [3.8, 4) is 0 Å². The van der Waals surface area contributed by atoms with Gasteiger partial charge >= 0.3 is 0 Å². The van der Waals surface area contributed by atoms with Gasteiger partial charge in [0.25, 0.3) is 0 Å². The van der Waals surface area contributed by atoms with E-state index in [1.807, 2.05) is 17.5 Å². The second-order valence-corrected chi connectivity index (χ2v) is 8.10. The van der Waals surface area contributed by atoms with Crippen molar-refractivity contribution in [2.75, 3.05) is 7.05 Å². The zero-order chi connectivity index (χ0) is 14.0. The van der Waals surface area contributed by atoms with Crippen LogP contribution in [0.5, 0.6) is 0 Å². The third-order valence-electron chi connectivity index (χ3n) is 2.42. The van der Waals surface area contributed by atoms with E-state index in [1.54, 1.807) is 0 Å². The number of halogens is 2. The highest BCUT2D eigenvalue weighted by Crippen LogP contribution is 2.26. The van der Waals surface area contributed by atoms with Crippen LogP contribution in [0.2, 0.25) is 5.15 Å². The Kier molecular flexibility index (Phi) is 4.62. The lowest BCUT2D eigenvalue weighted by molar-refractivity contribution is 0.469. The molecule has 2 heterocycles. The molecule has 102 valence electrons. The average molecular weight is 382 g/mol. The Bertz CT molecular complexity index is 674. The van der Waals surface area contributed by atoms with Crippen LogP contribution in [0.15, 0.2) is 39.1 Å². The van der Waals surface area contributed by atoms with E-state index in [0.717, 1.165) is 4.88 Å². The third-order valence-corrected chi connectivity index (χ3v) is 5.95. The number of pyridine rings is 1. The van der Waals surface area contributed by atoms with Gasteiger partial charge in [-0.2, -0.15) is 4.31 Å². The summed E-state index contributed by atoms with van der Waals surface area (Å²) in [5, 5.41) is 1.88. The van der Waals surface area contributed by atoms with Crippen LogP contribution in [0.25, 0.3) is 0 Å². The smallest absolute Gasteiger partial charge is 0.242 e. The number of hydrogen-bond acceptors (Lipinski definition) is 4. The van der Waals surface area contributed by atoms with Gasteiger partial charge < -0.3 is 0 Å². The Morgan fingerprint density at radius 1 is 1.53 bits per heavy atom. The monoisotopic (exact) mass is 380 g/mol. The second-order valence-electron chi connectivity index (χ2n) is 3.78. The van der Waals surface area contributed by atoms with Crippen molar-refractivity contribution in [2.24, 2.45) is 0 Å². The molecule has 19 heavy (non-hydrogen) atoms. The molecule has 0 aromatic carbocycles. The van der Waals surface area contributed by atoms with E-state index in [-0.39, 0.29) is 10.0 Å². The van der Waals surface area contributed by atoms with Gasteiger partial charge in [0.2, 0.25) is 10.0 Å². The molecule has 0 N–H and O–H groups in total. The number of rotatable bonds is 4. The molecule has 0 aliphatic carbocycles. The van der Waals surface area contributed by atoms with Gasteiger partial charge in [-0.05, 0) is 33.4 Å². The van der Waals surface area contributed by atoms with Crippen molar-refractivity contribution < 1.29 is 8.42 Å². The lowest BCUT2D eigenvalue weighted by Crippen LogP contribution is -2.26. The highest BCUT2D eigenvalue weighted by molar-refractivity contribution is 9.10. The first kappa shape index (κ1) is 14.9. The molecule has 0 unspecified atom stereocenters. The number of thiophene rings is 1. The van der Waals surface area contributed by atoms with Crippen molar-refractivity contribution in [1.82, 2.24) is 9.29 Å². The molecular weight excluding hydrogens is 372 g/mol. The largest absolute Gasteiger partial charge is 0.246 e. The Morgan fingerprint density at radius 2 is 2.26 bits per heavy atom. The molecule has 4 nitrogen and oxygen atoms in total. The molecule has 8 heteroatoms. The van der Waals surface area contributed by atoms with E-state index in [9.17, 15) is 8.42 Å². The highest BCUT2D eigenvalue weighted by Gasteiger charge is 2.25. The average Bonchev–Trinajstić information content (AvgIpc) is 2.85. The first-order valence-electron chi connectivity index (χ1n) is 5.21. The van der Waals surface area contributed by atoms with Gasteiger partial charge in [0.1, 0.15) is 10.0 Å². The molecule has 0 saturated carbocycles. The summed E-state index contributed by atoms with van der Waals surface area (Å²) in [5.74, 6) is 0. The summed E-state index contributed by atoms with van der Waals surface area (Å²) < 4.78 is 26.7. The molecule has 0 amide bonds. The Labute approximate surface area is 129 Å². The summed E-state index contributed by atoms with van der Waals surface area (Å²) in [5.41, 5.74) is 0. The minimum atomic E-state index is -3.65. The minimum Gasteiger partial charge on any atom is -0.242 e. The van der Waals surface area contributed by atoms with Crippen LogP contribution in [-0.4, -0.2) is 24.8 Å². The standard InChI is InChI=1S/C11H10BrClN2O2S2/c1-15(7-9-3-2-4-18-9)19(16,17)10-5-8(12)6-14-11(10)13/h2-6H,7H2,1H3. The molecule has 2 aromatic heterocycles. The summed E-state index contributed by atoms with van der Waals surface area (Å²) in [4.78, 5) is 4.81. The summed E-state index contributed by atoms with van der Waals surface area (Å²) in [6.45, 7) is 0.308. The molecular formula is C11H10BrClN2O2S2. The first-order chi connectivity index (χ1) is 8.91. The predicted octanol–water partition coefficient (Wildman–Crippen LogP) is 3.38. The van der Waals surface area contributed by atoms with Crippen LogP contribution in [0.3, 0.4) is 0 Å². The minimum absolute atomic E-state index is 0.00241. The number of sulfonamides is 1. The normalized spacial score (nSPS) is 12.0. The van der Waals surface area contributed by atoms with E-state index in [2.05, 4.69) is 20.9 Å². The maximum Gasteiger partial charge on any atom is 0.246 e. The van der Waals surface area contributed by atoms with Crippen LogP contribution in [0, 0.1) is 0 Å². The molecule has 0 atom stereocenters. The fourth-order valence-electron chi connectivity index (χ4n) is 1.46. The van der Waals surface area contributed by atoms with E-state index < -0.39 is 10.0 Å². The van der Waals surface area contributed by atoms with Gasteiger partial charge in [-0.25, -0.2) is 13.4 Å². The summed E-state index contributed by atoms with van der Waals surface area (Å²) >= 11 is 10.6. The summed E-state index contributed by atoms with van der Waals surface area (Å²) in [6.07, 6.45) is 1.46. The van der Waals surface area contributed by atoms with Gasteiger partial charge in [0.05, 0.1) is 0 Å². The van der Waals surface area contributed by atoms with Crippen LogP contribution >= 0.6 is 38.9 Å². The lowest BCUT2D eigenvalue weighted by atomic mass is 10.5. The van der Waals surface area contributed by atoms with E-state index in [4.69, 9.17) is 11.6 Å². The fourth-order valence-corrected chi connectivity index (χ4v) is 4.36. The molecule has 0 spiro atoms. The van der Waals surface area contributed by atoms with Gasteiger partial charge in [-0.1, -0.05) is 17.7 Å². The van der Waals surface area contributed by atoms with Crippen molar-refractivity contribution >= 4 is 48.9 Å². The van der Waals surface area contributed by atoms with Crippen molar-refractivity contribution in [1.29, 1.82) is 0 Å². The Morgan fingerprint density at radius 3 is 2.89 bits per heavy atom. The Hall–Kier alpha value is -0.470. The molecule has 0 fully saturated rings. The van der Waals surface area contributed by atoms with Gasteiger partial charge in [-0.15, -0.1) is 11.3 Å². The molecule has 0 radical (unpaired) electrons. The van der Waals surface area contributed by atoms with E-state index >= 15 is 0 Å². The summed E-state index contributed by atoms with van der Waals surface area (Å²) in [6, 6.07) is 5.22. The first-order valence-corrected chi connectivity index (χ1v) is 8.70. The quantitative estimate of drug-likeness (QED) is 0.763. The SMILES string of the molecule is CN(Cc1cccs1)S(=O)(=O)c1cc(Br)cnc1Cl. The Balaban J connectivity index is 2.33. The van der Waals surface area contributed by atoms with Gasteiger partial charge in [-0.3, -0.25) is 0 Å². The third kappa shape index (κ3) is 3.35. The molecule has 0 saturated heterocycles. The summed E-state index contributed by atoms with van der Waals surface area (Å²) in [7, 11) is -2.13. The predicted molar refractivity (Wildman–Crippen MR) is 79.9 cm³/mol. The van der Waals surface area contributed by atoms with E-state index in [0.29, 0.717) is 11.0 Å². The van der Waals surface area contributed by atoms with Crippen LogP contribution in [0.4, 0.5) is 0 Å². The molecule has 0 bridgehead atoms. The maximum atomic E-state index is 12.4. The van der Waals surface area contributed by atoms with Gasteiger partial charge in [0, 0.05) is 29.1 Å². The zero-order valence-corrected chi connectivity index (χ0v) is 13.9. The van der Waals surface area contributed by atoms with Crippen molar-refractivity contribution in [3.63, 3.8) is 0 Å². The zero-order valence-electron chi connectivity index (χ0n) is 9.88. The van der Waals surface area contributed by atoms with Gasteiger partial charge in [0.15, 0.2) is 0 Å². The molecule has 0 aliphatic rings. The topological polar surface area (TPSA) is 50.3 Å². The van der Waals surface area contributed by atoms with Crippen LogP contribution in [-0.2, 0) is 16.6 Å². The molecule has 2 aromatic rings. The number of hydrogen-bond donors (Lipinski definition) is 0. The lowest BCUT2D eigenvalue weighted by Gasteiger charge is -2.17. The van der Waals surface area contributed by atoms with Crippen molar-refractivity contribution in [2.45, 2.75) is 11.4 Å². The van der Waals surface area contributed by atoms with Crippen LogP contribution in [0.1, 0.15) is 4.88 Å². The molecule has 2 rings (SSSR count). The maximum absolute atomic E-state index is 12.4. The molecule has 0 aliphatic heterocycles.